The molecule has 5 rings (SSSR count). The molecule has 1 saturated carbocycles. The number of aromatic nitrogens is 2. The number of likely N-dealkylation sites (tertiary alicyclic amines) is 1. The Labute approximate surface area is 237 Å². The second kappa shape index (κ2) is 11.5. The van der Waals surface area contributed by atoms with Gasteiger partial charge in [-0.2, -0.15) is 5.10 Å². The highest BCUT2D eigenvalue weighted by molar-refractivity contribution is 5.95. The summed E-state index contributed by atoms with van der Waals surface area (Å²) in [5.41, 5.74) is 2.53. The molecule has 2 amide bonds. The number of hydrogen-bond acceptors (Lipinski definition) is 5. The Morgan fingerprint density at radius 2 is 1.65 bits per heavy atom. The zero-order valence-corrected chi connectivity index (χ0v) is 24.0. The third-order valence-electron chi connectivity index (χ3n) is 8.07. The lowest BCUT2D eigenvalue weighted by Gasteiger charge is -2.41. The number of rotatable bonds is 8. The van der Waals surface area contributed by atoms with Gasteiger partial charge in [-0.25, -0.2) is 9.48 Å². The molecule has 1 aliphatic heterocycles. The largest absolute Gasteiger partial charge is 0.445 e. The van der Waals surface area contributed by atoms with Crippen LogP contribution < -0.4 is 10.6 Å². The van der Waals surface area contributed by atoms with Crippen molar-refractivity contribution in [3.8, 4) is 0 Å². The lowest BCUT2D eigenvalue weighted by atomic mass is 9.70. The summed E-state index contributed by atoms with van der Waals surface area (Å²) in [7, 11) is 0. The van der Waals surface area contributed by atoms with Crippen molar-refractivity contribution in [2.45, 2.75) is 83.0 Å². The van der Waals surface area contributed by atoms with Crippen LogP contribution in [0.15, 0.2) is 66.7 Å². The summed E-state index contributed by atoms with van der Waals surface area (Å²) in [6, 6.07) is 22.1. The Balaban J connectivity index is 1.34. The second-order valence-electron chi connectivity index (χ2n) is 12.1. The van der Waals surface area contributed by atoms with Crippen LogP contribution in [0.1, 0.15) is 70.2 Å². The molecule has 2 aromatic carbocycles. The molecule has 0 radical (unpaired) electrons. The quantitative estimate of drug-likeness (QED) is 0.395. The van der Waals surface area contributed by atoms with Crippen LogP contribution in [0.5, 0.6) is 0 Å². The minimum Gasteiger partial charge on any atom is -0.445 e. The Morgan fingerprint density at radius 3 is 2.25 bits per heavy atom. The number of amides is 2. The fourth-order valence-electron chi connectivity index (χ4n) is 5.62. The summed E-state index contributed by atoms with van der Waals surface area (Å²) in [6.45, 7) is 10.1. The summed E-state index contributed by atoms with van der Waals surface area (Å²) >= 11 is 0. The van der Waals surface area contributed by atoms with Crippen molar-refractivity contribution in [1.82, 2.24) is 20.0 Å². The van der Waals surface area contributed by atoms with E-state index in [1.165, 1.54) is 18.4 Å². The summed E-state index contributed by atoms with van der Waals surface area (Å²) in [5, 5.41) is 10.8. The van der Waals surface area contributed by atoms with Crippen molar-refractivity contribution in [3.63, 3.8) is 0 Å². The van der Waals surface area contributed by atoms with Crippen molar-refractivity contribution >= 4 is 17.8 Å². The molecule has 1 aliphatic carbocycles. The van der Waals surface area contributed by atoms with Crippen molar-refractivity contribution in [2.24, 2.45) is 0 Å². The normalized spacial score (nSPS) is 18.1. The maximum Gasteiger partial charge on any atom is 0.408 e. The van der Waals surface area contributed by atoms with E-state index in [-0.39, 0.29) is 23.5 Å². The molecule has 2 heterocycles. The highest BCUT2D eigenvalue weighted by Crippen LogP contribution is 2.44. The molecule has 1 saturated heterocycles. The molecule has 8 nitrogen and oxygen atoms in total. The standard InChI is InChI=1S/C32H41N5O3/c1-23(33-30(39)40-22-24-11-7-5-8-12-24)29(38)34-28-21-27(35-37(28)31(2,3)4)32(25-13-9-6-10-14-25)17-19-36(20-18-32)26-15-16-26/h5-14,21,23,26H,15-20,22H2,1-4H3,(H,33,39)(H,34,38). The average molecular weight is 544 g/mol. The molecule has 0 spiro atoms. The second-order valence-corrected chi connectivity index (χ2v) is 12.1. The summed E-state index contributed by atoms with van der Waals surface area (Å²) in [5.74, 6) is 0.296. The lowest BCUT2D eigenvalue weighted by Crippen LogP contribution is -2.44. The molecule has 1 atom stereocenters. The van der Waals surface area contributed by atoms with Crippen LogP contribution in [-0.4, -0.2) is 51.9 Å². The number of ether oxygens (including phenoxy) is 1. The first kappa shape index (κ1) is 27.9. The molecule has 212 valence electrons. The smallest absolute Gasteiger partial charge is 0.408 e. The first-order chi connectivity index (χ1) is 19.2. The summed E-state index contributed by atoms with van der Waals surface area (Å²) in [6.07, 6.45) is 3.93. The van der Waals surface area contributed by atoms with Crippen LogP contribution in [0, 0.1) is 0 Å². The van der Waals surface area contributed by atoms with Gasteiger partial charge < -0.3 is 20.3 Å². The van der Waals surface area contributed by atoms with Crippen LogP contribution in [0.4, 0.5) is 10.6 Å². The average Bonchev–Trinajstić information content (AvgIpc) is 3.71. The minimum absolute atomic E-state index is 0.140. The summed E-state index contributed by atoms with van der Waals surface area (Å²) < 4.78 is 7.20. The van der Waals surface area contributed by atoms with Crippen LogP contribution in [0.3, 0.4) is 0 Å². The predicted octanol–water partition coefficient (Wildman–Crippen LogP) is 5.44. The molecule has 2 N–H and O–H groups in total. The van der Waals surface area contributed by atoms with E-state index in [1.807, 2.05) is 41.1 Å². The van der Waals surface area contributed by atoms with Gasteiger partial charge in [0, 0.05) is 17.5 Å². The van der Waals surface area contributed by atoms with Crippen molar-refractivity contribution < 1.29 is 14.3 Å². The van der Waals surface area contributed by atoms with E-state index in [2.05, 4.69) is 66.6 Å². The fraction of sp³-hybridized carbons (Fsp3) is 0.469. The Kier molecular flexibility index (Phi) is 7.99. The van der Waals surface area contributed by atoms with Crippen LogP contribution in [0.25, 0.3) is 0 Å². The zero-order valence-electron chi connectivity index (χ0n) is 24.0. The third kappa shape index (κ3) is 6.22. The van der Waals surface area contributed by atoms with E-state index < -0.39 is 12.1 Å². The summed E-state index contributed by atoms with van der Waals surface area (Å²) in [4.78, 5) is 28.2. The number of nitrogens with zero attached hydrogens (tertiary/aromatic N) is 3. The number of nitrogens with one attached hydrogen (secondary N) is 2. The van der Waals surface area contributed by atoms with E-state index in [1.54, 1.807) is 6.92 Å². The molecule has 2 fully saturated rings. The molecular weight excluding hydrogens is 502 g/mol. The van der Waals surface area contributed by atoms with Crippen LogP contribution >= 0.6 is 0 Å². The van der Waals surface area contributed by atoms with Crippen molar-refractivity contribution in [1.29, 1.82) is 0 Å². The van der Waals surface area contributed by atoms with Gasteiger partial charge in [0.15, 0.2) is 0 Å². The zero-order chi connectivity index (χ0) is 28.3. The van der Waals surface area contributed by atoms with E-state index in [4.69, 9.17) is 9.84 Å². The van der Waals surface area contributed by atoms with E-state index in [0.717, 1.165) is 43.2 Å². The maximum absolute atomic E-state index is 13.2. The molecule has 1 aromatic heterocycles. The van der Waals surface area contributed by atoms with Gasteiger partial charge in [0.25, 0.3) is 0 Å². The van der Waals surface area contributed by atoms with Crippen LogP contribution in [-0.2, 0) is 27.1 Å². The van der Waals surface area contributed by atoms with Gasteiger partial charge in [0.2, 0.25) is 5.91 Å². The first-order valence-corrected chi connectivity index (χ1v) is 14.3. The van der Waals surface area contributed by atoms with Gasteiger partial charge in [0.05, 0.1) is 11.2 Å². The number of alkyl carbamates (subject to hydrolysis) is 1. The van der Waals surface area contributed by atoms with E-state index in [0.29, 0.717) is 5.82 Å². The predicted molar refractivity (Wildman–Crippen MR) is 156 cm³/mol. The van der Waals surface area contributed by atoms with E-state index in [9.17, 15) is 9.59 Å². The van der Waals surface area contributed by atoms with Gasteiger partial charge in [-0.3, -0.25) is 4.79 Å². The highest BCUT2D eigenvalue weighted by Gasteiger charge is 2.43. The van der Waals surface area contributed by atoms with Gasteiger partial charge in [-0.15, -0.1) is 0 Å². The van der Waals surface area contributed by atoms with Gasteiger partial charge >= 0.3 is 6.09 Å². The van der Waals surface area contributed by atoms with Gasteiger partial charge in [-0.05, 0) is 77.6 Å². The number of piperidine rings is 1. The molecule has 1 unspecified atom stereocenters. The number of anilines is 1. The number of carbonyl (C=O) groups is 2. The van der Waals surface area contributed by atoms with Crippen LogP contribution in [0.2, 0.25) is 0 Å². The monoisotopic (exact) mass is 543 g/mol. The van der Waals surface area contributed by atoms with E-state index >= 15 is 0 Å². The minimum atomic E-state index is -0.792. The number of carbonyl (C=O) groups excluding carboxylic acids is 2. The Hall–Kier alpha value is -3.65. The van der Waals surface area contributed by atoms with Gasteiger partial charge in [-0.1, -0.05) is 60.7 Å². The molecule has 3 aromatic rings. The Morgan fingerprint density at radius 1 is 1.02 bits per heavy atom. The van der Waals surface area contributed by atoms with Gasteiger partial charge in [0.1, 0.15) is 18.5 Å². The topological polar surface area (TPSA) is 88.5 Å². The Bertz CT molecular complexity index is 1300. The molecule has 0 bridgehead atoms. The maximum atomic E-state index is 13.2. The first-order valence-electron chi connectivity index (χ1n) is 14.3. The molecule has 2 aliphatic rings. The third-order valence-corrected chi connectivity index (χ3v) is 8.07. The molecule has 40 heavy (non-hydrogen) atoms. The van der Waals surface area contributed by atoms with Crippen molar-refractivity contribution in [3.05, 3.63) is 83.6 Å². The molecular formula is C32H41N5O3. The fourth-order valence-corrected chi connectivity index (χ4v) is 5.62. The number of benzene rings is 2. The molecule has 8 heteroatoms. The number of hydrogen-bond donors (Lipinski definition) is 2. The highest BCUT2D eigenvalue weighted by atomic mass is 16.5. The SMILES string of the molecule is CC(NC(=O)OCc1ccccc1)C(=O)Nc1cc(C2(c3ccccc3)CCN(C3CC3)CC2)nn1C(C)(C)C. The lowest BCUT2D eigenvalue weighted by molar-refractivity contribution is -0.117. The van der Waals surface area contributed by atoms with Crippen molar-refractivity contribution in [2.75, 3.05) is 18.4 Å².